The Kier molecular flexibility index (Phi) is 5.22. The van der Waals surface area contributed by atoms with E-state index in [1.807, 2.05) is 31.2 Å². The lowest BCUT2D eigenvalue weighted by atomic mass is 10.2. The van der Waals surface area contributed by atoms with E-state index in [1.165, 1.54) is 0 Å². The molecule has 2 rings (SSSR count). The van der Waals surface area contributed by atoms with Crippen LogP contribution < -0.4 is 10.1 Å². The summed E-state index contributed by atoms with van der Waals surface area (Å²) in [4.78, 5) is 10.4. The number of hydrogen-bond donors (Lipinski definition) is 1. The Labute approximate surface area is 138 Å². The molecule has 9 heteroatoms. The van der Waals surface area contributed by atoms with E-state index in [0.717, 1.165) is 29.2 Å². The van der Waals surface area contributed by atoms with E-state index in [9.17, 15) is 18.5 Å². The SMILES string of the molecule is Cc1ccc(OCCNc2sc(S(C)(=O)=O)cc2[N+](=O)[O-])cc1. The van der Waals surface area contributed by atoms with E-state index in [1.54, 1.807) is 0 Å². The minimum atomic E-state index is -3.47. The van der Waals surface area contributed by atoms with Gasteiger partial charge in [0, 0.05) is 18.9 Å². The summed E-state index contributed by atoms with van der Waals surface area (Å²) in [6.45, 7) is 2.59. The number of anilines is 1. The van der Waals surface area contributed by atoms with E-state index in [2.05, 4.69) is 5.32 Å². The summed E-state index contributed by atoms with van der Waals surface area (Å²) < 4.78 is 28.5. The van der Waals surface area contributed by atoms with Crippen LogP contribution in [0, 0.1) is 17.0 Å². The third kappa shape index (κ3) is 4.67. The fourth-order valence-electron chi connectivity index (χ4n) is 1.77. The van der Waals surface area contributed by atoms with E-state index in [-0.39, 0.29) is 14.9 Å². The molecule has 0 radical (unpaired) electrons. The molecule has 0 saturated carbocycles. The summed E-state index contributed by atoms with van der Waals surface area (Å²) in [6.07, 6.45) is 1.02. The number of aryl methyl sites for hydroxylation is 1. The Bertz CT molecular complexity index is 797. The minimum Gasteiger partial charge on any atom is -0.492 e. The van der Waals surface area contributed by atoms with Gasteiger partial charge in [0.15, 0.2) is 14.8 Å². The van der Waals surface area contributed by atoms with Gasteiger partial charge in [-0.2, -0.15) is 0 Å². The zero-order valence-corrected chi connectivity index (χ0v) is 14.2. The van der Waals surface area contributed by atoms with Crippen molar-refractivity contribution < 1.29 is 18.1 Å². The standard InChI is InChI=1S/C14H16N2O5S2/c1-10-3-5-11(6-4-10)21-8-7-15-14-12(16(17)18)9-13(22-14)23(2,19)20/h3-6,9,15H,7-8H2,1-2H3. The smallest absolute Gasteiger partial charge is 0.304 e. The number of benzene rings is 1. The number of sulfone groups is 1. The molecule has 0 unspecified atom stereocenters. The average Bonchev–Trinajstić information content (AvgIpc) is 2.90. The maximum absolute atomic E-state index is 11.5. The highest BCUT2D eigenvalue weighted by molar-refractivity contribution is 7.92. The fraction of sp³-hybridized carbons (Fsp3) is 0.286. The van der Waals surface area contributed by atoms with Crippen molar-refractivity contribution >= 4 is 31.9 Å². The highest BCUT2D eigenvalue weighted by Crippen LogP contribution is 2.36. The maximum atomic E-state index is 11.5. The molecule has 0 spiro atoms. The van der Waals surface area contributed by atoms with Crippen molar-refractivity contribution in [1.82, 2.24) is 0 Å². The minimum absolute atomic E-state index is 0.0360. The molecule has 1 N–H and O–H groups in total. The van der Waals surface area contributed by atoms with Gasteiger partial charge in [0.2, 0.25) is 0 Å². The number of ether oxygens (including phenoxy) is 1. The predicted octanol–water partition coefficient (Wildman–Crippen LogP) is 2.86. The van der Waals surface area contributed by atoms with Crippen molar-refractivity contribution in [1.29, 1.82) is 0 Å². The van der Waals surface area contributed by atoms with Gasteiger partial charge in [0.25, 0.3) is 0 Å². The topological polar surface area (TPSA) is 98.5 Å². The van der Waals surface area contributed by atoms with Crippen molar-refractivity contribution in [3.05, 3.63) is 46.0 Å². The largest absolute Gasteiger partial charge is 0.492 e. The van der Waals surface area contributed by atoms with Gasteiger partial charge >= 0.3 is 5.69 Å². The maximum Gasteiger partial charge on any atom is 0.304 e. The summed E-state index contributed by atoms with van der Waals surface area (Å²) >= 11 is 0.847. The van der Waals surface area contributed by atoms with Crippen molar-refractivity contribution in [2.75, 3.05) is 24.7 Å². The lowest BCUT2D eigenvalue weighted by Gasteiger charge is -2.07. The summed E-state index contributed by atoms with van der Waals surface area (Å²) in [5, 5.41) is 14.1. The van der Waals surface area contributed by atoms with Crippen LogP contribution in [-0.2, 0) is 9.84 Å². The highest BCUT2D eigenvalue weighted by Gasteiger charge is 2.23. The van der Waals surface area contributed by atoms with E-state index >= 15 is 0 Å². The van der Waals surface area contributed by atoms with Crippen LogP contribution in [-0.4, -0.2) is 32.7 Å². The Balaban J connectivity index is 1.98. The second kappa shape index (κ2) is 6.97. The van der Waals surface area contributed by atoms with Crippen LogP contribution in [0.4, 0.5) is 10.7 Å². The van der Waals surface area contributed by atoms with Crippen LogP contribution in [0.25, 0.3) is 0 Å². The summed E-state index contributed by atoms with van der Waals surface area (Å²) in [5.74, 6) is 0.704. The van der Waals surface area contributed by atoms with Crippen LogP contribution in [0.5, 0.6) is 5.75 Å². The number of thiophene rings is 1. The predicted molar refractivity (Wildman–Crippen MR) is 89.2 cm³/mol. The zero-order valence-electron chi connectivity index (χ0n) is 12.6. The molecule has 2 aromatic rings. The van der Waals surface area contributed by atoms with Gasteiger partial charge in [0.1, 0.15) is 16.6 Å². The van der Waals surface area contributed by atoms with Crippen LogP contribution in [0.1, 0.15) is 5.56 Å². The van der Waals surface area contributed by atoms with Gasteiger partial charge in [-0.1, -0.05) is 29.0 Å². The highest BCUT2D eigenvalue weighted by atomic mass is 32.2. The number of nitrogens with zero attached hydrogens (tertiary/aromatic N) is 1. The molecule has 0 fully saturated rings. The van der Waals surface area contributed by atoms with Gasteiger partial charge in [-0.15, -0.1) is 0 Å². The molecule has 0 aliphatic carbocycles. The number of rotatable bonds is 7. The zero-order chi connectivity index (χ0) is 17.0. The first kappa shape index (κ1) is 17.2. The lowest BCUT2D eigenvalue weighted by molar-refractivity contribution is -0.383. The molecule has 23 heavy (non-hydrogen) atoms. The molecule has 0 bridgehead atoms. The Morgan fingerprint density at radius 2 is 1.96 bits per heavy atom. The van der Waals surface area contributed by atoms with E-state index < -0.39 is 14.8 Å². The quantitative estimate of drug-likeness (QED) is 0.465. The second-order valence-corrected chi connectivity index (χ2v) is 8.19. The molecule has 0 aliphatic rings. The van der Waals surface area contributed by atoms with Gasteiger partial charge < -0.3 is 10.1 Å². The van der Waals surface area contributed by atoms with Crippen LogP contribution in [0.3, 0.4) is 0 Å². The van der Waals surface area contributed by atoms with E-state index in [0.29, 0.717) is 18.9 Å². The monoisotopic (exact) mass is 356 g/mol. The first-order valence-electron chi connectivity index (χ1n) is 6.69. The molecule has 1 aromatic carbocycles. The van der Waals surface area contributed by atoms with Crippen LogP contribution in [0.2, 0.25) is 0 Å². The Morgan fingerprint density at radius 1 is 1.30 bits per heavy atom. The molecular formula is C14H16N2O5S2. The molecule has 1 heterocycles. The van der Waals surface area contributed by atoms with Crippen molar-refractivity contribution in [3.63, 3.8) is 0 Å². The third-order valence-corrected chi connectivity index (χ3v) is 5.81. The second-order valence-electron chi connectivity index (χ2n) is 4.90. The summed E-state index contributed by atoms with van der Waals surface area (Å²) in [7, 11) is -3.47. The van der Waals surface area contributed by atoms with Gasteiger partial charge in [-0.3, -0.25) is 10.1 Å². The average molecular weight is 356 g/mol. The van der Waals surface area contributed by atoms with Crippen molar-refractivity contribution in [3.8, 4) is 5.75 Å². The number of nitrogens with one attached hydrogen (secondary N) is 1. The molecule has 1 aromatic heterocycles. The van der Waals surface area contributed by atoms with Crippen LogP contribution in [0.15, 0.2) is 34.5 Å². The lowest BCUT2D eigenvalue weighted by Crippen LogP contribution is -2.11. The molecule has 124 valence electrons. The molecule has 0 saturated heterocycles. The van der Waals surface area contributed by atoms with Gasteiger partial charge in [-0.05, 0) is 19.1 Å². The number of hydrogen-bond acceptors (Lipinski definition) is 7. The molecule has 0 atom stereocenters. The Hall–Kier alpha value is -2.13. The third-order valence-electron chi connectivity index (χ3n) is 2.93. The molecule has 7 nitrogen and oxygen atoms in total. The molecular weight excluding hydrogens is 340 g/mol. The summed E-state index contributed by atoms with van der Waals surface area (Å²) in [5.41, 5.74) is 0.878. The van der Waals surface area contributed by atoms with Crippen molar-refractivity contribution in [2.24, 2.45) is 0 Å². The number of nitro groups is 1. The van der Waals surface area contributed by atoms with Gasteiger partial charge in [-0.25, -0.2) is 8.42 Å². The Morgan fingerprint density at radius 3 is 2.52 bits per heavy atom. The normalized spacial score (nSPS) is 11.2. The van der Waals surface area contributed by atoms with E-state index in [4.69, 9.17) is 4.74 Å². The first-order valence-corrected chi connectivity index (χ1v) is 9.40. The molecule has 0 aliphatic heterocycles. The van der Waals surface area contributed by atoms with Crippen LogP contribution >= 0.6 is 11.3 Å². The van der Waals surface area contributed by atoms with Gasteiger partial charge in [0.05, 0.1) is 4.92 Å². The first-order chi connectivity index (χ1) is 10.8. The fourth-order valence-corrected chi connectivity index (χ4v) is 3.74. The molecule has 0 amide bonds. The summed E-state index contributed by atoms with van der Waals surface area (Å²) in [6, 6.07) is 8.59. The van der Waals surface area contributed by atoms with Crippen molar-refractivity contribution in [2.45, 2.75) is 11.1 Å².